The molecule has 146 valence electrons. The number of tetrazole rings is 1. The molecule has 0 saturated heterocycles. The van der Waals surface area contributed by atoms with Gasteiger partial charge in [0.2, 0.25) is 0 Å². The van der Waals surface area contributed by atoms with Crippen LogP contribution in [0.4, 0.5) is 14.9 Å². The highest BCUT2D eigenvalue weighted by Gasteiger charge is 2.09. The summed E-state index contributed by atoms with van der Waals surface area (Å²) in [5, 5.41) is 13.0. The number of amides is 2. The SMILES string of the molecule is COCCn1nnn(-c2ccc(NC(=O)NCc3ccc(F)cc3)cc2)c1=O. The quantitative estimate of drug-likeness (QED) is 0.641. The Morgan fingerprint density at radius 1 is 1.11 bits per heavy atom. The molecule has 9 nitrogen and oxygen atoms in total. The maximum Gasteiger partial charge on any atom is 0.368 e. The highest BCUT2D eigenvalue weighted by molar-refractivity contribution is 5.89. The molecule has 0 saturated carbocycles. The molecule has 0 spiro atoms. The number of hydrogen-bond donors (Lipinski definition) is 2. The molecule has 2 aromatic carbocycles. The Kier molecular flexibility index (Phi) is 6.12. The standard InChI is InChI=1S/C18H19FN6O3/c1-28-11-10-24-18(27)25(23-22-24)16-8-6-15(7-9-16)21-17(26)20-12-13-2-4-14(19)5-3-13/h2-9H,10-12H2,1H3,(H2,20,21,26). The molecule has 3 rings (SSSR count). The largest absolute Gasteiger partial charge is 0.383 e. The molecular formula is C18H19FN6O3. The van der Waals surface area contributed by atoms with Gasteiger partial charge < -0.3 is 15.4 Å². The van der Waals surface area contributed by atoms with Crippen molar-refractivity contribution in [3.8, 4) is 5.69 Å². The van der Waals surface area contributed by atoms with Gasteiger partial charge in [0.25, 0.3) is 0 Å². The number of ether oxygens (including phenoxy) is 1. The zero-order valence-electron chi connectivity index (χ0n) is 15.1. The van der Waals surface area contributed by atoms with Crippen LogP contribution in [0.5, 0.6) is 0 Å². The third-order valence-corrected chi connectivity index (χ3v) is 3.88. The van der Waals surface area contributed by atoms with Gasteiger partial charge >= 0.3 is 11.7 Å². The van der Waals surface area contributed by atoms with Crippen molar-refractivity contribution in [2.75, 3.05) is 19.0 Å². The smallest absolute Gasteiger partial charge is 0.368 e. The van der Waals surface area contributed by atoms with Crippen LogP contribution in [-0.4, -0.2) is 39.5 Å². The molecule has 2 amide bonds. The summed E-state index contributed by atoms with van der Waals surface area (Å²) in [6.45, 7) is 0.932. The van der Waals surface area contributed by atoms with E-state index >= 15 is 0 Å². The monoisotopic (exact) mass is 386 g/mol. The molecule has 0 aliphatic carbocycles. The Balaban J connectivity index is 1.58. The zero-order valence-corrected chi connectivity index (χ0v) is 15.1. The minimum atomic E-state index is -0.403. The first-order valence-corrected chi connectivity index (χ1v) is 8.48. The number of nitrogens with zero attached hydrogens (tertiary/aromatic N) is 4. The van der Waals surface area contributed by atoms with Crippen molar-refractivity contribution in [2.45, 2.75) is 13.1 Å². The molecular weight excluding hydrogens is 367 g/mol. The van der Waals surface area contributed by atoms with E-state index in [0.717, 1.165) is 10.2 Å². The van der Waals surface area contributed by atoms with Crippen LogP contribution >= 0.6 is 0 Å². The van der Waals surface area contributed by atoms with Crippen LogP contribution in [0.1, 0.15) is 5.56 Å². The van der Waals surface area contributed by atoms with Gasteiger partial charge in [-0.15, -0.1) is 0 Å². The summed E-state index contributed by atoms with van der Waals surface area (Å²) in [6.07, 6.45) is 0. The number of carbonyl (C=O) groups is 1. The van der Waals surface area contributed by atoms with Crippen LogP contribution in [0.2, 0.25) is 0 Å². The van der Waals surface area contributed by atoms with Crippen molar-refractivity contribution in [3.05, 3.63) is 70.4 Å². The third-order valence-electron chi connectivity index (χ3n) is 3.88. The van der Waals surface area contributed by atoms with E-state index in [2.05, 4.69) is 21.1 Å². The lowest BCUT2D eigenvalue weighted by atomic mass is 10.2. The number of nitrogens with one attached hydrogen (secondary N) is 2. The summed E-state index contributed by atoms with van der Waals surface area (Å²) in [5.41, 5.74) is 1.46. The van der Waals surface area contributed by atoms with Gasteiger partial charge in [-0.1, -0.05) is 12.1 Å². The predicted molar refractivity (Wildman–Crippen MR) is 99.8 cm³/mol. The normalized spacial score (nSPS) is 10.6. The molecule has 3 aromatic rings. The Morgan fingerprint density at radius 2 is 1.82 bits per heavy atom. The maximum atomic E-state index is 12.9. The summed E-state index contributed by atoms with van der Waals surface area (Å²) in [7, 11) is 1.54. The minimum Gasteiger partial charge on any atom is -0.383 e. The van der Waals surface area contributed by atoms with Gasteiger partial charge in [-0.3, -0.25) is 0 Å². The van der Waals surface area contributed by atoms with Crippen molar-refractivity contribution in [3.63, 3.8) is 0 Å². The van der Waals surface area contributed by atoms with Gasteiger partial charge in [0.15, 0.2) is 0 Å². The molecule has 10 heteroatoms. The molecule has 1 aromatic heterocycles. The van der Waals surface area contributed by atoms with Gasteiger partial charge in [0.1, 0.15) is 5.82 Å². The lowest BCUT2D eigenvalue weighted by Gasteiger charge is -2.08. The predicted octanol–water partition coefficient (Wildman–Crippen LogP) is 1.54. The molecule has 0 unspecified atom stereocenters. The first kappa shape index (κ1) is 19.2. The van der Waals surface area contributed by atoms with Crippen molar-refractivity contribution in [1.29, 1.82) is 0 Å². The van der Waals surface area contributed by atoms with Crippen LogP contribution in [-0.2, 0) is 17.8 Å². The summed E-state index contributed by atoms with van der Waals surface area (Å²) >= 11 is 0. The fraction of sp³-hybridized carbons (Fsp3) is 0.222. The Labute approximate surface area is 159 Å². The Bertz CT molecular complexity index is 982. The van der Waals surface area contributed by atoms with Gasteiger partial charge in [-0.05, 0) is 52.4 Å². The number of urea groups is 1. The van der Waals surface area contributed by atoms with E-state index in [-0.39, 0.29) is 18.1 Å². The molecule has 0 aliphatic heterocycles. The summed E-state index contributed by atoms with van der Waals surface area (Å²) in [5.74, 6) is -0.328. The summed E-state index contributed by atoms with van der Waals surface area (Å²) in [4.78, 5) is 24.2. The molecule has 0 atom stereocenters. The number of carbonyl (C=O) groups excluding carboxylic acids is 1. The Morgan fingerprint density at radius 3 is 2.50 bits per heavy atom. The highest BCUT2D eigenvalue weighted by Crippen LogP contribution is 2.11. The van der Waals surface area contributed by atoms with Crippen LogP contribution in [0.25, 0.3) is 5.69 Å². The number of methoxy groups -OCH3 is 1. The lowest BCUT2D eigenvalue weighted by molar-refractivity contribution is 0.181. The molecule has 2 N–H and O–H groups in total. The van der Waals surface area contributed by atoms with E-state index in [4.69, 9.17) is 4.74 Å². The molecule has 28 heavy (non-hydrogen) atoms. The average Bonchev–Trinajstić information content (AvgIpc) is 3.07. The second kappa shape index (κ2) is 8.91. The lowest BCUT2D eigenvalue weighted by Crippen LogP contribution is -2.28. The van der Waals surface area contributed by atoms with Gasteiger partial charge in [-0.2, -0.15) is 9.36 Å². The van der Waals surface area contributed by atoms with Crippen LogP contribution in [0, 0.1) is 5.82 Å². The number of hydrogen-bond acceptors (Lipinski definition) is 5. The minimum absolute atomic E-state index is 0.268. The number of rotatable bonds is 7. The van der Waals surface area contributed by atoms with Crippen LogP contribution < -0.4 is 16.3 Å². The zero-order chi connectivity index (χ0) is 19.9. The number of anilines is 1. The topological polar surface area (TPSA) is 103 Å². The third kappa shape index (κ3) is 4.80. The van der Waals surface area contributed by atoms with E-state index < -0.39 is 6.03 Å². The molecule has 0 fully saturated rings. The van der Waals surface area contributed by atoms with Gasteiger partial charge in [0.05, 0.1) is 18.8 Å². The molecule has 0 radical (unpaired) electrons. The second-order valence-corrected chi connectivity index (χ2v) is 5.87. The van der Waals surface area contributed by atoms with Crippen molar-refractivity contribution in [1.82, 2.24) is 25.1 Å². The first-order valence-electron chi connectivity index (χ1n) is 8.48. The van der Waals surface area contributed by atoms with E-state index in [1.54, 1.807) is 36.4 Å². The number of aromatic nitrogens is 4. The van der Waals surface area contributed by atoms with Crippen molar-refractivity contribution >= 4 is 11.7 Å². The van der Waals surface area contributed by atoms with E-state index in [0.29, 0.717) is 24.5 Å². The van der Waals surface area contributed by atoms with Crippen molar-refractivity contribution < 1.29 is 13.9 Å². The van der Waals surface area contributed by atoms with Crippen molar-refractivity contribution in [2.24, 2.45) is 0 Å². The van der Waals surface area contributed by atoms with E-state index in [1.807, 2.05) is 0 Å². The molecule has 0 aliphatic rings. The van der Waals surface area contributed by atoms with E-state index in [1.165, 1.54) is 23.9 Å². The van der Waals surface area contributed by atoms with E-state index in [9.17, 15) is 14.0 Å². The Hall–Kier alpha value is -3.53. The maximum absolute atomic E-state index is 12.9. The number of halogens is 1. The highest BCUT2D eigenvalue weighted by atomic mass is 19.1. The number of benzene rings is 2. The molecule has 1 heterocycles. The fourth-order valence-electron chi connectivity index (χ4n) is 2.40. The summed E-state index contributed by atoms with van der Waals surface area (Å²) in [6, 6.07) is 12.0. The average molecular weight is 386 g/mol. The first-order chi connectivity index (χ1) is 13.6. The van der Waals surface area contributed by atoms with Crippen LogP contribution in [0.3, 0.4) is 0 Å². The fourth-order valence-corrected chi connectivity index (χ4v) is 2.40. The summed E-state index contributed by atoms with van der Waals surface area (Å²) < 4.78 is 20.2. The second-order valence-electron chi connectivity index (χ2n) is 5.87. The van der Waals surface area contributed by atoms with Crippen LogP contribution in [0.15, 0.2) is 53.3 Å². The van der Waals surface area contributed by atoms with Gasteiger partial charge in [0, 0.05) is 19.3 Å². The molecule has 0 bridgehead atoms. The van der Waals surface area contributed by atoms with Gasteiger partial charge in [-0.25, -0.2) is 14.0 Å².